The summed E-state index contributed by atoms with van der Waals surface area (Å²) >= 11 is 0. The van der Waals surface area contributed by atoms with Crippen molar-refractivity contribution in [3.05, 3.63) is 47.3 Å². The van der Waals surface area contributed by atoms with Gasteiger partial charge < -0.3 is 15.4 Å². The maximum Gasteiger partial charge on any atom is 0.191 e. The van der Waals surface area contributed by atoms with Gasteiger partial charge in [0, 0.05) is 38.6 Å². The molecule has 2 N–H and O–H groups in total. The number of halogens is 2. The molecule has 1 atom stereocenters. The van der Waals surface area contributed by atoms with Crippen molar-refractivity contribution in [2.24, 2.45) is 4.99 Å². The van der Waals surface area contributed by atoms with Gasteiger partial charge in [0.2, 0.25) is 0 Å². The van der Waals surface area contributed by atoms with Gasteiger partial charge in [0.05, 0.1) is 6.54 Å². The van der Waals surface area contributed by atoms with E-state index in [2.05, 4.69) is 25.7 Å². The predicted molar refractivity (Wildman–Crippen MR) is 122 cm³/mol. The van der Waals surface area contributed by atoms with Gasteiger partial charge >= 0.3 is 0 Å². The Bertz CT molecular complexity index is 838. The first-order chi connectivity index (χ1) is 13.4. The quantitative estimate of drug-likeness (QED) is 0.351. The van der Waals surface area contributed by atoms with Crippen molar-refractivity contribution in [2.75, 3.05) is 20.7 Å². The highest BCUT2D eigenvalue weighted by atomic mass is 127. The lowest BCUT2D eigenvalue weighted by Gasteiger charge is -2.29. The molecule has 29 heavy (non-hydrogen) atoms. The van der Waals surface area contributed by atoms with Crippen LogP contribution in [0.2, 0.25) is 0 Å². The number of nitrogens with zero attached hydrogens (tertiary/aromatic N) is 4. The predicted octanol–water partition coefficient (Wildman–Crippen LogP) is 2.64. The van der Waals surface area contributed by atoms with Crippen molar-refractivity contribution >= 4 is 29.9 Å². The van der Waals surface area contributed by atoms with E-state index in [-0.39, 0.29) is 41.3 Å². The largest absolute Gasteiger partial charge is 0.377 e. The normalized spacial score (nSPS) is 16.7. The standard InChI is InChI=1S/C20H29FN6O.HI/c1-20(2,15-7-5-6-8-16(15)21)13-23-19(22-3)24-14-9-10-18-25-17(12-28-4)26-27(18)11-14;/h5-8,14H,9-13H2,1-4H3,(H2,22,23,24);1H. The Balaban J connectivity index is 0.00000300. The molecule has 0 aliphatic carbocycles. The van der Waals surface area contributed by atoms with E-state index >= 15 is 0 Å². The monoisotopic (exact) mass is 516 g/mol. The van der Waals surface area contributed by atoms with E-state index in [1.807, 2.05) is 30.7 Å². The van der Waals surface area contributed by atoms with Gasteiger partial charge in [-0.1, -0.05) is 32.0 Å². The molecular weight excluding hydrogens is 486 g/mol. The molecule has 7 nitrogen and oxygen atoms in total. The molecule has 0 radical (unpaired) electrons. The number of aromatic nitrogens is 3. The van der Waals surface area contributed by atoms with Crippen molar-refractivity contribution in [1.29, 1.82) is 0 Å². The van der Waals surface area contributed by atoms with E-state index in [4.69, 9.17) is 4.74 Å². The van der Waals surface area contributed by atoms with Crippen LogP contribution in [0.5, 0.6) is 0 Å². The fourth-order valence-corrected chi connectivity index (χ4v) is 3.47. The summed E-state index contributed by atoms with van der Waals surface area (Å²) in [6.07, 6.45) is 1.80. The van der Waals surface area contributed by atoms with Crippen LogP contribution < -0.4 is 10.6 Å². The Hall–Kier alpha value is -1.75. The number of ether oxygens (including phenoxy) is 1. The number of aliphatic imine (C=N–C) groups is 1. The van der Waals surface area contributed by atoms with Gasteiger partial charge in [-0.25, -0.2) is 14.1 Å². The highest BCUT2D eigenvalue weighted by Crippen LogP contribution is 2.24. The third kappa shape index (κ3) is 5.88. The first kappa shape index (κ1) is 23.5. The van der Waals surface area contributed by atoms with Gasteiger partial charge in [0.1, 0.15) is 18.2 Å². The van der Waals surface area contributed by atoms with E-state index in [0.717, 1.165) is 25.2 Å². The highest BCUT2D eigenvalue weighted by molar-refractivity contribution is 14.0. The average Bonchev–Trinajstić information content (AvgIpc) is 3.07. The second-order valence-corrected chi connectivity index (χ2v) is 7.73. The molecule has 2 heterocycles. The third-order valence-corrected chi connectivity index (χ3v) is 5.04. The molecule has 1 aliphatic rings. The number of hydrogen-bond donors (Lipinski definition) is 2. The number of benzene rings is 1. The van der Waals surface area contributed by atoms with E-state index in [9.17, 15) is 4.39 Å². The first-order valence-corrected chi connectivity index (χ1v) is 9.56. The Kier molecular flexibility index (Phi) is 8.38. The zero-order valence-corrected chi connectivity index (χ0v) is 19.7. The fourth-order valence-electron chi connectivity index (χ4n) is 3.47. The number of guanidine groups is 1. The Morgan fingerprint density at radius 2 is 2.14 bits per heavy atom. The topological polar surface area (TPSA) is 76.4 Å². The molecule has 0 fully saturated rings. The van der Waals surface area contributed by atoms with Crippen molar-refractivity contribution in [3.8, 4) is 0 Å². The van der Waals surface area contributed by atoms with Gasteiger partial charge in [-0.3, -0.25) is 4.99 Å². The van der Waals surface area contributed by atoms with Crippen LogP contribution in [0.3, 0.4) is 0 Å². The van der Waals surface area contributed by atoms with Crippen molar-refractivity contribution in [3.63, 3.8) is 0 Å². The van der Waals surface area contributed by atoms with Crippen molar-refractivity contribution in [2.45, 2.75) is 51.3 Å². The summed E-state index contributed by atoms with van der Waals surface area (Å²) in [4.78, 5) is 8.83. The Morgan fingerprint density at radius 3 is 2.83 bits per heavy atom. The minimum absolute atomic E-state index is 0. The second kappa shape index (κ2) is 10.3. The average molecular weight is 516 g/mol. The van der Waals surface area contributed by atoms with Crippen LogP contribution in [0.15, 0.2) is 29.3 Å². The van der Waals surface area contributed by atoms with Crippen molar-refractivity contribution < 1.29 is 9.13 Å². The van der Waals surface area contributed by atoms with Crippen LogP contribution in [0.25, 0.3) is 0 Å². The first-order valence-electron chi connectivity index (χ1n) is 9.56. The van der Waals surface area contributed by atoms with Crippen LogP contribution in [0, 0.1) is 5.82 Å². The maximum atomic E-state index is 14.2. The minimum atomic E-state index is -0.371. The van der Waals surface area contributed by atoms with Gasteiger partial charge in [0.25, 0.3) is 0 Å². The molecule has 0 bridgehead atoms. The number of nitrogens with one attached hydrogen (secondary N) is 2. The second-order valence-electron chi connectivity index (χ2n) is 7.73. The molecular formula is C20H30FIN6O. The molecule has 9 heteroatoms. The molecule has 0 spiro atoms. The SMILES string of the molecule is CN=C(NCC(C)(C)c1ccccc1F)NC1CCc2nc(COC)nn2C1.I. The van der Waals surface area contributed by atoms with Crippen molar-refractivity contribution in [1.82, 2.24) is 25.4 Å². The lowest BCUT2D eigenvalue weighted by Crippen LogP contribution is -2.49. The van der Waals surface area contributed by atoms with Gasteiger partial charge in [-0.2, -0.15) is 5.10 Å². The molecule has 160 valence electrons. The summed E-state index contributed by atoms with van der Waals surface area (Å²) < 4.78 is 21.2. The number of fused-ring (bicyclic) bond motifs is 1. The number of methoxy groups -OCH3 is 1. The third-order valence-electron chi connectivity index (χ3n) is 5.04. The summed E-state index contributed by atoms with van der Waals surface area (Å²) in [5.41, 5.74) is 0.317. The summed E-state index contributed by atoms with van der Waals surface area (Å²) in [6, 6.07) is 7.11. The molecule has 0 saturated heterocycles. The maximum absolute atomic E-state index is 14.2. The highest BCUT2D eigenvalue weighted by Gasteiger charge is 2.26. The van der Waals surface area contributed by atoms with Crippen LogP contribution in [0.1, 0.15) is 37.5 Å². The number of hydrogen-bond acceptors (Lipinski definition) is 4. The molecule has 1 unspecified atom stereocenters. The van der Waals surface area contributed by atoms with E-state index < -0.39 is 0 Å². The van der Waals surface area contributed by atoms with Crippen LogP contribution in [-0.2, 0) is 29.7 Å². The van der Waals surface area contributed by atoms with Crippen LogP contribution in [-0.4, -0.2) is 47.5 Å². The summed E-state index contributed by atoms with van der Waals surface area (Å²) in [5, 5.41) is 11.3. The van der Waals surface area contributed by atoms with E-state index in [1.165, 1.54) is 6.07 Å². The molecule has 1 aromatic carbocycles. The van der Waals surface area contributed by atoms with Gasteiger partial charge in [-0.05, 0) is 18.1 Å². The minimum Gasteiger partial charge on any atom is -0.377 e. The molecule has 0 amide bonds. The Labute approximate surface area is 188 Å². The number of rotatable bonds is 6. The fraction of sp³-hybridized carbons (Fsp3) is 0.550. The zero-order chi connectivity index (χ0) is 20.1. The zero-order valence-electron chi connectivity index (χ0n) is 17.4. The van der Waals surface area contributed by atoms with Crippen LogP contribution >= 0.6 is 24.0 Å². The van der Waals surface area contributed by atoms with E-state index in [1.54, 1.807) is 20.2 Å². The smallest absolute Gasteiger partial charge is 0.191 e. The summed E-state index contributed by atoms with van der Waals surface area (Å²) in [6.45, 7) is 5.75. The Morgan fingerprint density at radius 1 is 1.38 bits per heavy atom. The van der Waals surface area contributed by atoms with Gasteiger partial charge in [0.15, 0.2) is 11.8 Å². The molecule has 3 rings (SSSR count). The molecule has 1 aromatic heterocycles. The summed E-state index contributed by atoms with van der Waals surface area (Å²) in [7, 11) is 3.38. The molecule has 0 saturated carbocycles. The number of aryl methyl sites for hydroxylation is 1. The molecule has 2 aromatic rings. The summed E-state index contributed by atoms with van der Waals surface area (Å²) in [5.74, 6) is 2.23. The molecule has 1 aliphatic heterocycles. The van der Waals surface area contributed by atoms with E-state index in [0.29, 0.717) is 30.5 Å². The van der Waals surface area contributed by atoms with Gasteiger partial charge in [-0.15, -0.1) is 24.0 Å². The lowest BCUT2D eigenvalue weighted by atomic mass is 9.84. The van der Waals surface area contributed by atoms with Crippen LogP contribution in [0.4, 0.5) is 4.39 Å². The lowest BCUT2D eigenvalue weighted by molar-refractivity contribution is 0.177.